The Morgan fingerprint density at radius 1 is 0.933 bits per heavy atom. The van der Waals surface area contributed by atoms with E-state index >= 15 is 0 Å². The fourth-order valence-corrected chi connectivity index (χ4v) is 2.63. The fourth-order valence-electron chi connectivity index (χ4n) is 2.63. The number of alkyl halides is 3. The maximum atomic E-state index is 13.3. The minimum atomic E-state index is -4.88. The molecule has 0 aliphatic heterocycles. The van der Waals surface area contributed by atoms with Crippen LogP contribution < -0.4 is 9.47 Å². The van der Waals surface area contributed by atoms with Gasteiger partial charge in [0.15, 0.2) is 11.4 Å². The summed E-state index contributed by atoms with van der Waals surface area (Å²) in [5.74, 6) is 0.278. The maximum absolute atomic E-state index is 13.3. The monoisotopic (exact) mass is 410 g/mol. The Balaban J connectivity index is 2.07. The average molecular weight is 410 g/mol. The molecule has 0 spiro atoms. The fraction of sp³-hybridized carbons (Fsp3) is 0.143. The number of hydrogen-bond donors (Lipinski definition) is 0. The van der Waals surface area contributed by atoms with Crippen molar-refractivity contribution in [2.45, 2.75) is 12.8 Å². The van der Waals surface area contributed by atoms with Crippen molar-refractivity contribution in [2.75, 3.05) is 7.11 Å². The second-order valence-corrected chi connectivity index (χ2v) is 6.04. The molecule has 6 nitrogen and oxygen atoms in total. The second-order valence-electron chi connectivity index (χ2n) is 6.04. The van der Waals surface area contributed by atoms with Gasteiger partial charge in [-0.15, -0.1) is 10.2 Å². The third kappa shape index (κ3) is 4.31. The molecule has 1 aromatic heterocycles. The largest absolute Gasteiger partial charge is 0.497 e. The van der Waals surface area contributed by atoms with Crippen molar-refractivity contribution in [1.82, 2.24) is 10.2 Å². The first-order chi connectivity index (χ1) is 14.4. The molecule has 30 heavy (non-hydrogen) atoms. The van der Waals surface area contributed by atoms with Gasteiger partial charge in [0.1, 0.15) is 29.7 Å². The predicted octanol–water partition coefficient (Wildman–Crippen LogP) is 4.49. The molecule has 0 aliphatic rings. The summed E-state index contributed by atoms with van der Waals surface area (Å²) in [7, 11) is 1.51. The van der Waals surface area contributed by atoms with Gasteiger partial charge >= 0.3 is 6.18 Å². The lowest BCUT2D eigenvalue weighted by Gasteiger charge is -2.15. The number of halogens is 3. The number of methoxy groups -OCH3 is 1. The molecule has 9 heteroatoms. The van der Waals surface area contributed by atoms with E-state index in [2.05, 4.69) is 10.2 Å². The summed E-state index contributed by atoms with van der Waals surface area (Å²) in [6.07, 6.45) is -4.88. The first-order valence-electron chi connectivity index (χ1n) is 8.51. The molecule has 2 aromatic carbocycles. The van der Waals surface area contributed by atoms with E-state index in [0.717, 1.165) is 0 Å². The quantitative estimate of drug-likeness (QED) is 0.615. The van der Waals surface area contributed by atoms with E-state index in [1.807, 2.05) is 6.07 Å². The summed E-state index contributed by atoms with van der Waals surface area (Å²) in [5.41, 5.74) is -0.845. The third-order valence-corrected chi connectivity index (χ3v) is 4.14. The molecule has 0 N–H and O–H groups in total. The molecular formula is C21H13F3N4O2. The van der Waals surface area contributed by atoms with Gasteiger partial charge in [-0.2, -0.15) is 23.7 Å². The number of aromatic nitrogens is 2. The zero-order chi connectivity index (χ0) is 21.7. The zero-order valence-corrected chi connectivity index (χ0v) is 15.6. The topological polar surface area (TPSA) is 91.8 Å². The number of hydrogen-bond acceptors (Lipinski definition) is 6. The highest BCUT2D eigenvalue weighted by atomic mass is 19.4. The standard InChI is InChI=1S/C21H13F3N4O2/c1-29-16-8-4-14(5-9-16)12-30-19-17(11-26)20(21(22,23)24)28-27-18(19)15-6-2-13(10-25)3-7-15/h2-9H,12H2,1H3. The van der Waals surface area contributed by atoms with Gasteiger partial charge in [-0.3, -0.25) is 0 Å². The van der Waals surface area contributed by atoms with Crippen LogP contribution >= 0.6 is 0 Å². The SMILES string of the molecule is COc1ccc(COc2c(-c3ccc(C#N)cc3)nnc(C(F)(F)F)c2C#N)cc1. The second kappa shape index (κ2) is 8.50. The Kier molecular flexibility index (Phi) is 5.84. The summed E-state index contributed by atoms with van der Waals surface area (Å²) in [6, 6.07) is 16.2. The summed E-state index contributed by atoms with van der Waals surface area (Å²) in [4.78, 5) is 0. The lowest BCUT2D eigenvalue weighted by molar-refractivity contribution is -0.142. The van der Waals surface area contributed by atoms with Crippen LogP contribution in [0.25, 0.3) is 11.3 Å². The van der Waals surface area contributed by atoms with E-state index in [0.29, 0.717) is 22.4 Å². The van der Waals surface area contributed by atoms with Crippen LogP contribution in [0.5, 0.6) is 11.5 Å². The Labute approximate surface area is 169 Å². The van der Waals surface area contributed by atoms with Gasteiger partial charge in [0.25, 0.3) is 0 Å². The smallest absolute Gasteiger partial charge is 0.436 e. The zero-order valence-electron chi connectivity index (χ0n) is 15.6. The van der Waals surface area contributed by atoms with E-state index < -0.39 is 17.4 Å². The minimum absolute atomic E-state index is 0.0300. The highest BCUT2D eigenvalue weighted by Crippen LogP contribution is 2.38. The van der Waals surface area contributed by atoms with Crippen LogP contribution in [-0.4, -0.2) is 17.3 Å². The normalized spacial score (nSPS) is 10.7. The van der Waals surface area contributed by atoms with Crippen LogP contribution in [0.2, 0.25) is 0 Å². The van der Waals surface area contributed by atoms with Crippen molar-refractivity contribution < 1.29 is 22.6 Å². The van der Waals surface area contributed by atoms with Gasteiger partial charge in [-0.05, 0) is 29.8 Å². The molecule has 0 unspecified atom stereocenters. The van der Waals surface area contributed by atoms with Gasteiger partial charge in [0, 0.05) is 5.56 Å². The molecule has 150 valence electrons. The number of benzene rings is 2. The predicted molar refractivity (Wildman–Crippen MR) is 99.2 cm³/mol. The van der Waals surface area contributed by atoms with Gasteiger partial charge in [-0.1, -0.05) is 24.3 Å². The van der Waals surface area contributed by atoms with E-state index in [1.54, 1.807) is 24.3 Å². The molecule has 0 atom stereocenters. The van der Waals surface area contributed by atoms with E-state index in [-0.39, 0.29) is 18.1 Å². The number of ether oxygens (including phenoxy) is 2. The summed E-state index contributed by atoms with van der Waals surface area (Å²) >= 11 is 0. The van der Waals surface area contributed by atoms with Gasteiger partial charge in [0.2, 0.25) is 0 Å². The van der Waals surface area contributed by atoms with Crippen molar-refractivity contribution in [2.24, 2.45) is 0 Å². The Morgan fingerprint density at radius 3 is 2.13 bits per heavy atom. The van der Waals surface area contributed by atoms with Crippen molar-refractivity contribution >= 4 is 0 Å². The lowest BCUT2D eigenvalue weighted by Crippen LogP contribution is -2.14. The summed E-state index contributed by atoms with van der Waals surface area (Å²) in [6.45, 7) is -0.106. The molecule has 0 aliphatic carbocycles. The van der Waals surface area contributed by atoms with Gasteiger partial charge in [-0.25, -0.2) is 0 Å². The molecule has 0 fully saturated rings. The Morgan fingerprint density at radius 2 is 1.60 bits per heavy atom. The molecule has 0 bridgehead atoms. The van der Waals surface area contributed by atoms with Crippen LogP contribution in [0.4, 0.5) is 13.2 Å². The third-order valence-electron chi connectivity index (χ3n) is 4.14. The van der Waals surface area contributed by atoms with Crippen LogP contribution in [0.15, 0.2) is 48.5 Å². The van der Waals surface area contributed by atoms with Crippen molar-refractivity contribution in [3.8, 4) is 34.9 Å². The molecule has 0 radical (unpaired) electrons. The molecule has 1 heterocycles. The number of rotatable bonds is 5. The maximum Gasteiger partial charge on any atom is 0.436 e. The number of nitriles is 2. The highest BCUT2D eigenvalue weighted by Gasteiger charge is 2.39. The van der Waals surface area contributed by atoms with Gasteiger partial charge < -0.3 is 9.47 Å². The van der Waals surface area contributed by atoms with E-state index in [4.69, 9.17) is 14.7 Å². The summed E-state index contributed by atoms with van der Waals surface area (Å²) < 4.78 is 50.7. The molecule has 0 saturated carbocycles. The Bertz CT molecular complexity index is 1130. The van der Waals surface area contributed by atoms with E-state index in [9.17, 15) is 18.4 Å². The van der Waals surface area contributed by atoms with Crippen LogP contribution in [-0.2, 0) is 12.8 Å². The molecule has 3 rings (SSSR count). The average Bonchev–Trinajstić information content (AvgIpc) is 2.76. The van der Waals surface area contributed by atoms with Crippen LogP contribution in [0.1, 0.15) is 22.4 Å². The molecule has 0 saturated heterocycles. The first kappa shape index (κ1) is 20.6. The minimum Gasteiger partial charge on any atom is -0.497 e. The number of nitrogens with zero attached hydrogens (tertiary/aromatic N) is 4. The Hall–Kier alpha value is -4.11. The van der Waals surface area contributed by atoms with Gasteiger partial charge in [0.05, 0.1) is 18.7 Å². The summed E-state index contributed by atoms with van der Waals surface area (Å²) in [5, 5.41) is 25.2. The lowest BCUT2D eigenvalue weighted by atomic mass is 10.1. The van der Waals surface area contributed by atoms with Crippen LogP contribution in [0.3, 0.4) is 0 Å². The first-order valence-corrected chi connectivity index (χ1v) is 8.51. The highest BCUT2D eigenvalue weighted by molar-refractivity contribution is 5.70. The molecule has 3 aromatic rings. The van der Waals surface area contributed by atoms with Crippen molar-refractivity contribution in [3.63, 3.8) is 0 Å². The van der Waals surface area contributed by atoms with Crippen molar-refractivity contribution in [3.05, 3.63) is 70.9 Å². The van der Waals surface area contributed by atoms with Crippen molar-refractivity contribution in [1.29, 1.82) is 10.5 Å². The molecule has 0 amide bonds. The van der Waals surface area contributed by atoms with E-state index in [1.165, 1.54) is 37.4 Å². The molecular weight excluding hydrogens is 397 g/mol. The van der Waals surface area contributed by atoms with Crippen LogP contribution in [0, 0.1) is 22.7 Å².